The summed E-state index contributed by atoms with van der Waals surface area (Å²) in [7, 11) is 1.74. The molecule has 2 rings (SSSR count). The number of likely N-dealkylation sites (N-methyl/N-ethyl adjacent to an activating group) is 1. The number of aryl methyl sites for hydroxylation is 1. The number of hydrogen-bond acceptors (Lipinski definition) is 2. The molecule has 1 heterocycles. The van der Waals surface area contributed by atoms with E-state index in [1.165, 1.54) is 6.07 Å². The van der Waals surface area contributed by atoms with Crippen LogP contribution in [0.4, 0.5) is 4.39 Å². The molecule has 1 N–H and O–H groups in total. The molecule has 92 valence electrons. The highest BCUT2D eigenvalue weighted by molar-refractivity contribution is 5.94. The van der Waals surface area contributed by atoms with Gasteiger partial charge in [0, 0.05) is 19.6 Å². The van der Waals surface area contributed by atoms with Gasteiger partial charge in [-0.25, -0.2) is 4.39 Å². The third-order valence-corrected chi connectivity index (χ3v) is 3.26. The quantitative estimate of drug-likeness (QED) is 0.845. The molecule has 17 heavy (non-hydrogen) atoms. The Balaban J connectivity index is 2.18. The first-order chi connectivity index (χ1) is 8.09. The Labute approximate surface area is 101 Å². The first-order valence-electron chi connectivity index (χ1n) is 5.83. The van der Waals surface area contributed by atoms with Gasteiger partial charge >= 0.3 is 0 Å². The minimum atomic E-state index is -0.437. The van der Waals surface area contributed by atoms with E-state index in [1.54, 1.807) is 24.1 Å². The molecule has 1 aliphatic heterocycles. The van der Waals surface area contributed by atoms with Gasteiger partial charge in [-0.15, -0.1) is 0 Å². The van der Waals surface area contributed by atoms with Gasteiger partial charge in [0.2, 0.25) is 0 Å². The Hall–Kier alpha value is -1.42. The van der Waals surface area contributed by atoms with Crippen LogP contribution < -0.4 is 5.32 Å². The van der Waals surface area contributed by atoms with E-state index in [0.717, 1.165) is 25.1 Å². The van der Waals surface area contributed by atoms with Crippen molar-refractivity contribution in [2.75, 3.05) is 20.1 Å². The van der Waals surface area contributed by atoms with Crippen LogP contribution in [0.5, 0.6) is 0 Å². The standard InChI is InChI=1S/C13H17FN2O/c1-9-3-4-11(12(14)7-9)13(17)16(2)10-5-6-15-8-10/h3-4,7,10,15H,5-6,8H2,1-2H3. The molecule has 1 aliphatic rings. The molecule has 1 aromatic carbocycles. The lowest BCUT2D eigenvalue weighted by molar-refractivity contribution is 0.0739. The number of nitrogens with one attached hydrogen (secondary N) is 1. The van der Waals surface area contributed by atoms with Gasteiger partial charge in [0.15, 0.2) is 0 Å². The molecule has 1 aromatic rings. The van der Waals surface area contributed by atoms with Gasteiger partial charge in [-0.05, 0) is 37.6 Å². The van der Waals surface area contributed by atoms with Crippen molar-refractivity contribution in [3.05, 3.63) is 35.1 Å². The lowest BCUT2D eigenvalue weighted by atomic mass is 10.1. The summed E-state index contributed by atoms with van der Waals surface area (Å²) in [4.78, 5) is 13.8. The minimum Gasteiger partial charge on any atom is -0.337 e. The Bertz CT molecular complexity index is 427. The summed E-state index contributed by atoms with van der Waals surface area (Å²) in [5, 5.41) is 3.20. The fraction of sp³-hybridized carbons (Fsp3) is 0.462. The number of halogens is 1. The van der Waals surface area contributed by atoms with Gasteiger partial charge in [-0.1, -0.05) is 6.07 Å². The highest BCUT2D eigenvalue weighted by atomic mass is 19.1. The van der Waals surface area contributed by atoms with Crippen LogP contribution in [0.3, 0.4) is 0 Å². The first-order valence-corrected chi connectivity index (χ1v) is 5.83. The highest BCUT2D eigenvalue weighted by Crippen LogP contribution is 2.15. The molecule has 0 saturated carbocycles. The number of carbonyl (C=O) groups is 1. The average Bonchev–Trinajstić information content (AvgIpc) is 2.80. The lowest BCUT2D eigenvalue weighted by Crippen LogP contribution is -2.38. The summed E-state index contributed by atoms with van der Waals surface area (Å²) in [6, 6.07) is 4.89. The zero-order valence-corrected chi connectivity index (χ0v) is 10.2. The molecule has 0 bridgehead atoms. The summed E-state index contributed by atoms with van der Waals surface area (Å²) >= 11 is 0. The summed E-state index contributed by atoms with van der Waals surface area (Å²) in [5.74, 6) is -0.677. The third-order valence-electron chi connectivity index (χ3n) is 3.26. The van der Waals surface area contributed by atoms with E-state index in [9.17, 15) is 9.18 Å². The second-order valence-corrected chi connectivity index (χ2v) is 4.55. The number of amides is 1. The molecule has 1 amide bonds. The predicted molar refractivity (Wildman–Crippen MR) is 64.5 cm³/mol. The maximum Gasteiger partial charge on any atom is 0.256 e. The Kier molecular flexibility index (Phi) is 3.43. The molecule has 1 saturated heterocycles. The Morgan fingerprint density at radius 2 is 2.29 bits per heavy atom. The highest BCUT2D eigenvalue weighted by Gasteiger charge is 2.25. The van der Waals surface area contributed by atoms with Crippen LogP contribution >= 0.6 is 0 Å². The van der Waals surface area contributed by atoms with Gasteiger partial charge in [0.25, 0.3) is 5.91 Å². The van der Waals surface area contributed by atoms with Crippen LogP contribution in [0.1, 0.15) is 22.3 Å². The van der Waals surface area contributed by atoms with E-state index < -0.39 is 5.82 Å². The fourth-order valence-corrected chi connectivity index (χ4v) is 2.12. The first kappa shape index (κ1) is 12.0. The number of hydrogen-bond donors (Lipinski definition) is 1. The number of nitrogens with zero attached hydrogens (tertiary/aromatic N) is 1. The van der Waals surface area contributed by atoms with Crippen LogP contribution in [0.2, 0.25) is 0 Å². The lowest BCUT2D eigenvalue weighted by Gasteiger charge is -2.24. The van der Waals surface area contributed by atoms with Crippen LogP contribution in [0.15, 0.2) is 18.2 Å². The smallest absolute Gasteiger partial charge is 0.256 e. The van der Waals surface area contributed by atoms with Crippen molar-refractivity contribution in [1.29, 1.82) is 0 Å². The molecule has 4 heteroatoms. The molecular weight excluding hydrogens is 219 g/mol. The van der Waals surface area contributed by atoms with Crippen LogP contribution in [-0.4, -0.2) is 37.0 Å². The van der Waals surface area contributed by atoms with Gasteiger partial charge in [-0.3, -0.25) is 4.79 Å². The molecule has 0 aliphatic carbocycles. The monoisotopic (exact) mass is 236 g/mol. The summed E-state index contributed by atoms with van der Waals surface area (Å²) in [6.07, 6.45) is 0.926. The maximum absolute atomic E-state index is 13.7. The van der Waals surface area contributed by atoms with Crippen molar-refractivity contribution in [3.63, 3.8) is 0 Å². The topological polar surface area (TPSA) is 32.3 Å². The Morgan fingerprint density at radius 1 is 1.53 bits per heavy atom. The SMILES string of the molecule is Cc1ccc(C(=O)N(C)C2CCNC2)c(F)c1. The molecule has 0 spiro atoms. The van der Waals surface area contributed by atoms with E-state index in [-0.39, 0.29) is 17.5 Å². The number of benzene rings is 1. The zero-order valence-electron chi connectivity index (χ0n) is 10.2. The van der Waals surface area contributed by atoms with Crippen molar-refractivity contribution in [1.82, 2.24) is 10.2 Å². The largest absolute Gasteiger partial charge is 0.337 e. The maximum atomic E-state index is 13.7. The van der Waals surface area contributed by atoms with Crippen molar-refractivity contribution < 1.29 is 9.18 Å². The Morgan fingerprint density at radius 3 is 2.88 bits per heavy atom. The second kappa shape index (κ2) is 4.84. The number of rotatable bonds is 2. The van der Waals surface area contributed by atoms with E-state index >= 15 is 0 Å². The summed E-state index contributed by atoms with van der Waals surface area (Å²) in [5.41, 5.74) is 0.981. The molecule has 0 aromatic heterocycles. The van der Waals surface area contributed by atoms with E-state index in [1.807, 2.05) is 6.92 Å². The minimum absolute atomic E-state index is 0.157. The molecular formula is C13H17FN2O. The summed E-state index contributed by atoms with van der Waals surface area (Å²) in [6.45, 7) is 3.51. The average molecular weight is 236 g/mol. The zero-order chi connectivity index (χ0) is 12.4. The van der Waals surface area contributed by atoms with Crippen molar-refractivity contribution in [3.8, 4) is 0 Å². The van der Waals surface area contributed by atoms with Gasteiger partial charge in [-0.2, -0.15) is 0 Å². The van der Waals surface area contributed by atoms with Crippen LogP contribution in [0, 0.1) is 12.7 Å². The molecule has 1 atom stereocenters. The number of carbonyl (C=O) groups excluding carboxylic acids is 1. The molecule has 1 fully saturated rings. The van der Waals surface area contributed by atoms with Crippen molar-refractivity contribution in [2.45, 2.75) is 19.4 Å². The fourth-order valence-electron chi connectivity index (χ4n) is 2.12. The normalized spacial score (nSPS) is 19.4. The molecule has 1 unspecified atom stereocenters. The third kappa shape index (κ3) is 2.47. The second-order valence-electron chi connectivity index (χ2n) is 4.55. The summed E-state index contributed by atoms with van der Waals surface area (Å²) < 4.78 is 13.7. The van der Waals surface area contributed by atoms with Crippen molar-refractivity contribution >= 4 is 5.91 Å². The molecule has 3 nitrogen and oxygen atoms in total. The van der Waals surface area contributed by atoms with E-state index in [0.29, 0.717) is 0 Å². The van der Waals surface area contributed by atoms with Gasteiger partial charge in [0.05, 0.1) is 5.56 Å². The predicted octanol–water partition coefficient (Wildman–Crippen LogP) is 1.57. The van der Waals surface area contributed by atoms with Crippen LogP contribution in [0.25, 0.3) is 0 Å². The van der Waals surface area contributed by atoms with Gasteiger partial charge in [0.1, 0.15) is 5.82 Å². The van der Waals surface area contributed by atoms with E-state index in [2.05, 4.69) is 5.32 Å². The van der Waals surface area contributed by atoms with Crippen molar-refractivity contribution in [2.24, 2.45) is 0 Å². The van der Waals surface area contributed by atoms with Crippen LogP contribution in [-0.2, 0) is 0 Å². The van der Waals surface area contributed by atoms with Gasteiger partial charge < -0.3 is 10.2 Å². The molecule has 0 radical (unpaired) electrons. The van der Waals surface area contributed by atoms with E-state index in [4.69, 9.17) is 0 Å².